The molecule has 0 radical (unpaired) electrons. The molecule has 23 heavy (non-hydrogen) atoms. The third-order valence-corrected chi connectivity index (χ3v) is 3.71. The maximum Gasteiger partial charge on any atom is 0.418 e. The predicted octanol–water partition coefficient (Wildman–Crippen LogP) is 4.51. The highest BCUT2D eigenvalue weighted by molar-refractivity contribution is 7.99. The first-order valence-corrected chi connectivity index (χ1v) is 7.82. The van der Waals surface area contributed by atoms with Crippen LogP contribution in [0.25, 0.3) is 0 Å². The second-order valence-corrected chi connectivity index (χ2v) is 5.92. The fourth-order valence-corrected chi connectivity index (χ4v) is 2.45. The van der Waals surface area contributed by atoms with Crippen LogP contribution in [-0.2, 0) is 6.18 Å². The van der Waals surface area contributed by atoms with E-state index >= 15 is 0 Å². The minimum absolute atomic E-state index is 0.0348. The number of anilines is 1. The molecule has 0 unspecified atom stereocenters. The Morgan fingerprint density at radius 2 is 2.04 bits per heavy atom. The third-order valence-electron chi connectivity index (χ3n) is 2.69. The van der Waals surface area contributed by atoms with Crippen molar-refractivity contribution in [3.63, 3.8) is 0 Å². The molecule has 1 amide bonds. The monoisotopic (exact) mass is 361 g/mol. The van der Waals surface area contributed by atoms with Crippen LogP contribution in [0.1, 0.15) is 23.0 Å². The van der Waals surface area contributed by atoms with Gasteiger partial charge in [0.2, 0.25) is 0 Å². The minimum atomic E-state index is -4.58. The molecule has 0 aliphatic carbocycles. The predicted molar refractivity (Wildman–Crippen MR) is 82.8 cm³/mol. The van der Waals surface area contributed by atoms with Gasteiger partial charge in [0.05, 0.1) is 22.5 Å². The lowest BCUT2D eigenvalue weighted by atomic mass is 10.1. The number of carbonyl (C=O) groups is 1. The molecule has 1 N–H and O–H groups in total. The maximum absolute atomic E-state index is 12.9. The molecule has 1 aromatic heterocycles. The summed E-state index contributed by atoms with van der Waals surface area (Å²) < 4.78 is 38.8. The summed E-state index contributed by atoms with van der Waals surface area (Å²) in [6, 6.07) is 4.68. The van der Waals surface area contributed by atoms with Gasteiger partial charge in [-0.15, -0.1) is 0 Å². The van der Waals surface area contributed by atoms with Gasteiger partial charge in [-0.05, 0) is 17.9 Å². The highest BCUT2D eigenvalue weighted by atomic mass is 35.5. The van der Waals surface area contributed by atoms with E-state index in [1.54, 1.807) is 0 Å². The lowest BCUT2D eigenvalue weighted by molar-refractivity contribution is -0.136. The van der Waals surface area contributed by atoms with Crippen molar-refractivity contribution >= 4 is 35.0 Å². The van der Waals surface area contributed by atoms with Gasteiger partial charge < -0.3 is 5.32 Å². The van der Waals surface area contributed by atoms with E-state index in [2.05, 4.69) is 15.3 Å². The lowest BCUT2D eigenvalue weighted by Crippen LogP contribution is -2.18. The Morgan fingerprint density at radius 3 is 2.70 bits per heavy atom. The molecule has 0 atom stereocenters. The first-order valence-electron chi connectivity index (χ1n) is 6.46. The Labute approximate surface area is 139 Å². The lowest BCUT2D eigenvalue weighted by Gasteiger charge is -2.13. The van der Waals surface area contributed by atoms with Crippen LogP contribution in [0.3, 0.4) is 0 Å². The van der Waals surface area contributed by atoms with E-state index in [9.17, 15) is 18.0 Å². The molecular formula is C14H11ClF3N3OS. The van der Waals surface area contributed by atoms with Crippen LogP contribution in [0.4, 0.5) is 18.9 Å². The number of alkyl halides is 3. The van der Waals surface area contributed by atoms with Crippen LogP contribution in [0.2, 0.25) is 5.02 Å². The molecule has 0 saturated carbocycles. The van der Waals surface area contributed by atoms with Crippen LogP contribution in [0.5, 0.6) is 0 Å². The Morgan fingerprint density at radius 1 is 1.35 bits per heavy atom. The molecule has 4 nitrogen and oxygen atoms in total. The highest BCUT2D eigenvalue weighted by Crippen LogP contribution is 2.34. The topological polar surface area (TPSA) is 54.9 Å². The molecule has 122 valence electrons. The Balaban J connectivity index is 2.32. The van der Waals surface area contributed by atoms with Gasteiger partial charge in [0.25, 0.3) is 5.91 Å². The van der Waals surface area contributed by atoms with Crippen LogP contribution >= 0.6 is 23.4 Å². The van der Waals surface area contributed by atoms with Crippen molar-refractivity contribution in [3.05, 3.63) is 46.7 Å². The van der Waals surface area contributed by atoms with Gasteiger partial charge in [0.1, 0.15) is 0 Å². The zero-order chi connectivity index (χ0) is 17.0. The number of carbonyl (C=O) groups excluding carboxylic acids is 1. The van der Waals surface area contributed by atoms with Crippen molar-refractivity contribution < 1.29 is 18.0 Å². The van der Waals surface area contributed by atoms with E-state index in [1.165, 1.54) is 30.1 Å². The number of amides is 1. The van der Waals surface area contributed by atoms with Crippen molar-refractivity contribution in [2.24, 2.45) is 0 Å². The van der Waals surface area contributed by atoms with E-state index in [0.717, 1.165) is 12.1 Å². The average Bonchev–Trinajstić information content (AvgIpc) is 2.49. The number of hydrogen-bond acceptors (Lipinski definition) is 4. The van der Waals surface area contributed by atoms with Gasteiger partial charge >= 0.3 is 6.18 Å². The minimum Gasteiger partial charge on any atom is -0.320 e. The number of para-hydroxylation sites is 1. The van der Waals surface area contributed by atoms with Crippen LogP contribution in [0.15, 0.2) is 35.6 Å². The summed E-state index contributed by atoms with van der Waals surface area (Å²) in [5.74, 6) is -0.147. The van der Waals surface area contributed by atoms with Gasteiger partial charge in [-0.2, -0.15) is 13.2 Å². The summed E-state index contributed by atoms with van der Waals surface area (Å²) in [7, 11) is 0. The van der Waals surface area contributed by atoms with Crippen LogP contribution in [-0.4, -0.2) is 21.6 Å². The van der Waals surface area contributed by atoms with Crippen molar-refractivity contribution in [2.75, 3.05) is 11.1 Å². The van der Waals surface area contributed by atoms with Crippen molar-refractivity contribution in [1.29, 1.82) is 0 Å². The van der Waals surface area contributed by atoms with Crippen molar-refractivity contribution in [3.8, 4) is 0 Å². The average molecular weight is 362 g/mol. The summed E-state index contributed by atoms with van der Waals surface area (Å²) in [5.41, 5.74) is -1.47. The maximum atomic E-state index is 12.9. The molecule has 1 aromatic carbocycles. The van der Waals surface area contributed by atoms with Gasteiger partial charge in [-0.1, -0.05) is 42.4 Å². The van der Waals surface area contributed by atoms with Crippen LogP contribution in [0, 0.1) is 0 Å². The van der Waals surface area contributed by atoms with Gasteiger partial charge in [-0.25, -0.2) is 9.97 Å². The number of halogens is 4. The van der Waals surface area contributed by atoms with Gasteiger partial charge in [0.15, 0.2) is 10.9 Å². The Bertz CT molecular complexity index is 725. The number of thioether (sulfide) groups is 1. The van der Waals surface area contributed by atoms with E-state index < -0.39 is 17.6 Å². The zero-order valence-corrected chi connectivity index (χ0v) is 13.4. The molecule has 2 rings (SSSR count). The summed E-state index contributed by atoms with van der Waals surface area (Å²) in [6.07, 6.45) is -3.33. The first-order chi connectivity index (χ1) is 10.8. The molecule has 2 aromatic rings. The second-order valence-electron chi connectivity index (χ2n) is 4.28. The van der Waals surface area contributed by atoms with Crippen molar-refractivity contribution in [1.82, 2.24) is 9.97 Å². The molecule has 0 saturated heterocycles. The Hall–Kier alpha value is -1.80. The van der Waals surface area contributed by atoms with Crippen LogP contribution < -0.4 is 5.32 Å². The summed E-state index contributed by atoms with van der Waals surface area (Å²) in [6.45, 7) is 1.88. The van der Waals surface area contributed by atoms with Gasteiger partial charge in [-0.3, -0.25) is 4.79 Å². The van der Waals surface area contributed by atoms with E-state index in [-0.39, 0.29) is 16.4 Å². The molecular weight excluding hydrogens is 351 g/mol. The number of nitrogens with zero attached hydrogens (tertiary/aromatic N) is 2. The number of aromatic nitrogens is 2. The van der Waals surface area contributed by atoms with E-state index in [4.69, 9.17) is 11.6 Å². The largest absolute Gasteiger partial charge is 0.418 e. The standard InChI is InChI=1S/C14H11ClF3N3OS/c1-2-23-13-19-7-9(15)11(21-13)12(22)20-10-6-4-3-5-8(10)14(16,17)18/h3-7H,2H2,1H3,(H,20,22). The fraction of sp³-hybridized carbons (Fsp3) is 0.214. The molecule has 0 bridgehead atoms. The molecule has 0 aliphatic heterocycles. The number of benzene rings is 1. The number of hydrogen-bond donors (Lipinski definition) is 1. The summed E-state index contributed by atoms with van der Waals surface area (Å²) in [5, 5.41) is 2.49. The summed E-state index contributed by atoms with van der Waals surface area (Å²) in [4.78, 5) is 20.1. The molecule has 9 heteroatoms. The Kier molecular flexibility index (Phi) is 5.48. The number of rotatable bonds is 4. The third kappa shape index (κ3) is 4.35. The summed E-state index contributed by atoms with van der Waals surface area (Å²) >= 11 is 7.16. The zero-order valence-electron chi connectivity index (χ0n) is 11.8. The number of nitrogens with one attached hydrogen (secondary N) is 1. The van der Waals surface area contributed by atoms with E-state index in [1.807, 2.05) is 6.92 Å². The van der Waals surface area contributed by atoms with Gasteiger partial charge in [0, 0.05) is 0 Å². The van der Waals surface area contributed by atoms with Crippen molar-refractivity contribution in [2.45, 2.75) is 18.3 Å². The SMILES string of the molecule is CCSc1ncc(Cl)c(C(=O)Nc2ccccc2C(F)(F)F)n1. The second kappa shape index (κ2) is 7.18. The fourth-order valence-electron chi connectivity index (χ4n) is 1.73. The normalized spacial score (nSPS) is 11.3. The highest BCUT2D eigenvalue weighted by Gasteiger charge is 2.33. The first kappa shape index (κ1) is 17.6. The smallest absolute Gasteiger partial charge is 0.320 e. The quantitative estimate of drug-likeness (QED) is 0.643. The molecule has 0 aliphatic rings. The van der Waals surface area contributed by atoms with E-state index in [0.29, 0.717) is 10.9 Å². The molecule has 1 heterocycles. The molecule has 0 fully saturated rings. The molecule has 0 spiro atoms.